The van der Waals surface area contributed by atoms with Crippen LogP contribution in [0.1, 0.15) is 168 Å². The lowest BCUT2D eigenvalue weighted by Gasteiger charge is -2.41. The molecule has 73 heavy (non-hydrogen) atoms. The van der Waals surface area contributed by atoms with Gasteiger partial charge in [-0.25, -0.2) is 0 Å². The molecule has 0 spiro atoms. The number of rotatable bonds is 43. The molecule has 0 saturated carbocycles. The summed E-state index contributed by atoms with van der Waals surface area (Å²) in [4.78, 5) is 26.4. The summed E-state index contributed by atoms with van der Waals surface area (Å²) in [7, 11) is 0. The van der Waals surface area contributed by atoms with E-state index in [0.717, 1.165) is 77.0 Å². The van der Waals surface area contributed by atoms with Crippen LogP contribution >= 0.6 is 0 Å². The van der Waals surface area contributed by atoms with E-state index in [1.807, 2.05) is 85.1 Å². The molecule has 6 N–H and O–H groups in total. The Balaban J connectivity index is 2.83. The van der Waals surface area contributed by atoms with Gasteiger partial charge in [-0.05, 0) is 83.5 Å². The number of esters is 1. The average Bonchev–Trinajstić information content (AvgIpc) is 3.39. The van der Waals surface area contributed by atoms with Crippen LogP contribution in [0.2, 0.25) is 0 Å². The third-order valence-electron chi connectivity index (χ3n) is 11.9. The molecule has 1 heterocycles. The molecule has 410 valence electrons. The van der Waals surface area contributed by atoms with Crippen molar-refractivity contribution in [3.8, 4) is 0 Å². The number of hydrogen-bond acceptors (Lipinski definition) is 10. The molecule has 1 saturated heterocycles. The van der Waals surface area contributed by atoms with Crippen LogP contribution in [0.4, 0.5) is 0 Å². The molecule has 0 bridgehead atoms. The number of amides is 1. The second kappa shape index (κ2) is 48.5. The van der Waals surface area contributed by atoms with Gasteiger partial charge in [-0.1, -0.05) is 224 Å². The Morgan fingerprint density at radius 3 is 1.63 bits per heavy atom. The maximum Gasteiger partial charge on any atom is 0.306 e. The molecule has 8 atom stereocenters. The molecule has 1 rings (SSSR count). The zero-order chi connectivity index (χ0) is 53.3. The van der Waals surface area contributed by atoms with E-state index in [4.69, 9.17) is 14.2 Å². The van der Waals surface area contributed by atoms with E-state index in [-0.39, 0.29) is 19.4 Å². The van der Waals surface area contributed by atoms with Crippen molar-refractivity contribution in [1.82, 2.24) is 5.32 Å². The fraction of sp³-hybridized carbons (Fsp3) is 0.581. The Morgan fingerprint density at radius 2 is 1.05 bits per heavy atom. The predicted molar refractivity (Wildman–Crippen MR) is 300 cm³/mol. The predicted octanol–water partition coefficient (Wildman–Crippen LogP) is 12.3. The van der Waals surface area contributed by atoms with Crippen molar-refractivity contribution in [2.24, 2.45) is 0 Å². The van der Waals surface area contributed by atoms with Crippen molar-refractivity contribution >= 4 is 11.9 Å². The molecule has 1 aliphatic heterocycles. The number of allylic oxidation sites excluding steroid dienone is 23. The smallest absolute Gasteiger partial charge is 0.306 e. The van der Waals surface area contributed by atoms with Gasteiger partial charge in [0, 0.05) is 6.42 Å². The highest BCUT2D eigenvalue weighted by molar-refractivity contribution is 5.80. The van der Waals surface area contributed by atoms with Gasteiger partial charge in [0.05, 0.1) is 25.4 Å². The quantitative estimate of drug-likeness (QED) is 0.0149. The van der Waals surface area contributed by atoms with Gasteiger partial charge < -0.3 is 45.1 Å². The molecule has 0 radical (unpaired) electrons. The molecule has 0 aliphatic carbocycles. The van der Waals surface area contributed by atoms with Gasteiger partial charge in [0.2, 0.25) is 5.91 Å². The monoisotopic (exact) mass is 1020 g/mol. The first-order valence-electron chi connectivity index (χ1n) is 27.7. The standard InChI is InChI=1S/C62H97NO10/c1-4-7-10-13-16-19-22-24-26-28-30-32-35-38-41-44-47-50-57(67)73-60-59(69)58(68)56(51-64)72-62(60)71-52-53(54(65)48-45-42-39-36-33-21-18-15-12-9-6-3)63-61(70)55(66)49-46-43-40-37-34-31-29-27-25-23-20-17-14-11-8-5-2/h7-8,10-11,14,16-17,19-20,23-27,29-32,34,37-38,41,45,48,53-56,58-60,62,64-66,68-69H,4-6,9,12-13,15,18,21-22,28,33,35-36,39-40,42-44,46-47,49-52H2,1-3H3,(H,63,70)/b10-7-,11-8-,17-14+,19-16-,23-20+,26-24-,27-25-,31-29+,32-30-,37-34+,41-38-,48-45+. The number of aliphatic hydroxyl groups excluding tert-OH is 5. The van der Waals surface area contributed by atoms with Crippen molar-refractivity contribution in [2.75, 3.05) is 13.2 Å². The van der Waals surface area contributed by atoms with Gasteiger partial charge in [-0.3, -0.25) is 9.59 Å². The van der Waals surface area contributed by atoms with Crippen molar-refractivity contribution in [2.45, 2.75) is 217 Å². The van der Waals surface area contributed by atoms with Gasteiger partial charge >= 0.3 is 5.97 Å². The summed E-state index contributed by atoms with van der Waals surface area (Å²) < 4.78 is 17.5. The van der Waals surface area contributed by atoms with E-state index in [1.165, 1.54) is 38.5 Å². The van der Waals surface area contributed by atoms with E-state index in [1.54, 1.807) is 6.08 Å². The van der Waals surface area contributed by atoms with Crippen LogP contribution in [0.25, 0.3) is 0 Å². The average molecular weight is 1020 g/mol. The Kier molecular flexibility index (Phi) is 44.2. The van der Waals surface area contributed by atoms with Gasteiger partial charge in [-0.15, -0.1) is 0 Å². The van der Waals surface area contributed by atoms with Crippen molar-refractivity contribution in [3.63, 3.8) is 0 Å². The van der Waals surface area contributed by atoms with E-state index >= 15 is 0 Å². The van der Waals surface area contributed by atoms with Crippen LogP contribution in [0.5, 0.6) is 0 Å². The Morgan fingerprint density at radius 1 is 0.562 bits per heavy atom. The largest absolute Gasteiger partial charge is 0.454 e. The molecule has 11 nitrogen and oxygen atoms in total. The van der Waals surface area contributed by atoms with Crippen LogP contribution in [0.3, 0.4) is 0 Å². The topological polar surface area (TPSA) is 175 Å². The molecule has 0 aromatic heterocycles. The zero-order valence-electron chi connectivity index (χ0n) is 44.9. The molecule has 8 unspecified atom stereocenters. The first kappa shape index (κ1) is 66.6. The van der Waals surface area contributed by atoms with E-state index in [0.29, 0.717) is 19.3 Å². The lowest BCUT2D eigenvalue weighted by molar-refractivity contribution is -0.305. The summed E-state index contributed by atoms with van der Waals surface area (Å²) in [6.45, 7) is 5.42. The Labute approximate surface area is 441 Å². The molecule has 0 aromatic rings. The van der Waals surface area contributed by atoms with Gasteiger partial charge in [0.25, 0.3) is 0 Å². The second-order valence-corrected chi connectivity index (χ2v) is 18.4. The van der Waals surface area contributed by atoms with Crippen LogP contribution in [-0.4, -0.2) is 99.6 Å². The van der Waals surface area contributed by atoms with Crippen LogP contribution in [0, 0.1) is 0 Å². The number of aliphatic hydroxyl groups is 5. The number of hydrogen-bond donors (Lipinski definition) is 6. The van der Waals surface area contributed by atoms with E-state index in [2.05, 4.69) is 80.8 Å². The lowest BCUT2D eigenvalue weighted by atomic mass is 9.99. The number of nitrogens with one attached hydrogen (secondary N) is 1. The molecule has 11 heteroatoms. The van der Waals surface area contributed by atoms with Gasteiger partial charge in [0.15, 0.2) is 12.4 Å². The fourth-order valence-corrected chi connectivity index (χ4v) is 7.54. The first-order valence-corrected chi connectivity index (χ1v) is 27.7. The summed E-state index contributed by atoms with van der Waals surface area (Å²) in [5, 5.41) is 56.7. The number of unbranched alkanes of at least 4 members (excludes halogenated alkanes) is 12. The third kappa shape index (κ3) is 37.0. The molecule has 1 aliphatic rings. The third-order valence-corrected chi connectivity index (χ3v) is 11.9. The van der Waals surface area contributed by atoms with Gasteiger partial charge in [0.1, 0.15) is 24.4 Å². The number of ether oxygens (including phenoxy) is 3. The first-order chi connectivity index (χ1) is 35.7. The maximum atomic E-state index is 13.3. The van der Waals surface area contributed by atoms with Gasteiger partial charge in [-0.2, -0.15) is 0 Å². The summed E-state index contributed by atoms with van der Waals surface area (Å²) in [5.74, 6) is -1.32. The summed E-state index contributed by atoms with van der Waals surface area (Å²) in [5.41, 5.74) is 0. The molecular weight excluding hydrogens is 919 g/mol. The molecule has 1 fully saturated rings. The second-order valence-electron chi connectivity index (χ2n) is 18.4. The number of carbonyl (C=O) groups is 2. The molecular formula is C62H97NO10. The minimum absolute atomic E-state index is 0.0298. The SMILES string of the molecule is CC\C=C/C=C/C=C/C=C\C=C\C=C\CCCCC(O)C(=O)NC(COC1OC(CO)C(O)C(O)C1OC(=O)CCC/C=C\C/C=C\C/C=C\C/C=C\C/C=C\CC)C(O)/C=C/CCCCCCCCCCC. The minimum Gasteiger partial charge on any atom is -0.454 e. The zero-order valence-corrected chi connectivity index (χ0v) is 44.9. The van der Waals surface area contributed by atoms with Crippen molar-refractivity contribution < 1.29 is 49.3 Å². The lowest BCUT2D eigenvalue weighted by Crippen LogP contribution is -2.61. The highest BCUT2D eigenvalue weighted by Gasteiger charge is 2.47. The Bertz CT molecular complexity index is 1730. The van der Waals surface area contributed by atoms with Crippen molar-refractivity contribution in [3.05, 3.63) is 146 Å². The summed E-state index contributed by atoms with van der Waals surface area (Å²) in [6, 6.07) is -1.07. The maximum absolute atomic E-state index is 13.3. The summed E-state index contributed by atoms with van der Waals surface area (Å²) >= 11 is 0. The minimum atomic E-state index is -1.65. The van der Waals surface area contributed by atoms with Crippen LogP contribution in [-0.2, 0) is 23.8 Å². The fourth-order valence-electron chi connectivity index (χ4n) is 7.54. The normalized spacial score (nSPS) is 20.6. The molecule has 1 amide bonds. The summed E-state index contributed by atoms with van der Waals surface area (Å²) in [6.07, 6.45) is 58.9. The van der Waals surface area contributed by atoms with E-state index < -0.39 is 67.4 Å². The van der Waals surface area contributed by atoms with Crippen LogP contribution in [0.15, 0.2) is 146 Å². The van der Waals surface area contributed by atoms with Crippen molar-refractivity contribution in [1.29, 1.82) is 0 Å². The molecule has 0 aromatic carbocycles. The number of carbonyl (C=O) groups excluding carboxylic acids is 2. The van der Waals surface area contributed by atoms with Crippen LogP contribution < -0.4 is 5.32 Å². The van der Waals surface area contributed by atoms with E-state index in [9.17, 15) is 35.1 Å². The Hall–Kier alpha value is -4.46. The highest BCUT2D eigenvalue weighted by atomic mass is 16.7. The highest BCUT2D eigenvalue weighted by Crippen LogP contribution is 2.26.